The Morgan fingerprint density at radius 1 is 1.07 bits per heavy atom. The third kappa shape index (κ3) is 19.4. The summed E-state index contributed by atoms with van der Waals surface area (Å²) in [6.07, 6.45) is 2.85. The quantitative estimate of drug-likeness (QED) is 0.429. The standard InChI is InChI=1S/C18H29NO3.C3H8.C2H6.C2H4/c1-13-6-8-14(9-7-13)12-15(19)16(20)22-18(4,5)11-10-17(2,3)21;1-3-2;2*1-2/h6-9,15,21H,10-12,19H2,1-5H3;3H2,1-2H3;1-2H3;1-2H2. The second-order valence-electron chi connectivity index (χ2n) is 8.00. The van der Waals surface area contributed by atoms with Crippen LogP contribution >= 0.6 is 0 Å². The van der Waals surface area contributed by atoms with Crippen molar-refractivity contribution >= 4 is 5.97 Å². The first-order valence-electron chi connectivity index (χ1n) is 10.7. The number of aliphatic hydroxyl groups is 1. The molecule has 170 valence electrons. The lowest BCUT2D eigenvalue weighted by molar-refractivity contribution is -0.159. The Balaban J connectivity index is -0.000000856. The molecule has 0 aromatic heterocycles. The van der Waals surface area contributed by atoms with E-state index in [4.69, 9.17) is 10.5 Å². The van der Waals surface area contributed by atoms with Crippen molar-refractivity contribution in [3.63, 3.8) is 0 Å². The third-order valence-corrected chi connectivity index (χ3v) is 3.59. The summed E-state index contributed by atoms with van der Waals surface area (Å²) in [4.78, 5) is 12.1. The van der Waals surface area contributed by atoms with E-state index in [-0.39, 0.29) is 0 Å². The van der Waals surface area contributed by atoms with Gasteiger partial charge in [-0.3, -0.25) is 4.79 Å². The molecule has 0 saturated heterocycles. The number of ether oxygens (including phenoxy) is 1. The molecule has 1 aromatic rings. The molecule has 1 unspecified atom stereocenters. The molecule has 0 saturated carbocycles. The molecular formula is C25H47NO3. The van der Waals surface area contributed by atoms with Crippen molar-refractivity contribution in [2.24, 2.45) is 5.73 Å². The molecule has 1 rings (SSSR count). The van der Waals surface area contributed by atoms with Gasteiger partial charge in [-0.15, -0.1) is 13.2 Å². The second-order valence-corrected chi connectivity index (χ2v) is 8.00. The Morgan fingerprint density at radius 3 is 1.86 bits per heavy atom. The Morgan fingerprint density at radius 2 is 1.48 bits per heavy atom. The highest BCUT2D eigenvalue weighted by Gasteiger charge is 2.28. The van der Waals surface area contributed by atoms with Gasteiger partial charge in [0.1, 0.15) is 11.6 Å². The summed E-state index contributed by atoms with van der Waals surface area (Å²) in [7, 11) is 0. The van der Waals surface area contributed by atoms with Crippen LogP contribution in [0.1, 0.15) is 85.8 Å². The van der Waals surface area contributed by atoms with Gasteiger partial charge in [-0.05, 0) is 59.4 Å². The van der Waals surface area contributed by atoms with Crippen molar-refractivity contribution in [1.29, 1.82) is 0 Å². The van der Waals surface area contributed by atoms with Gasteiger partial charge in [-0.1, -0.05) is 63.9 Å². The lowest BCUT2D eigenvalue weighted by atomic mass is 9.94. The smallest absolute Gasteiger partial charge is 0.323 e. The molecule has 1 aromatic carbocycles. The topological polar surface area (TPSA) is 72.6 Å². The zero-order valence-corrected chi connectivity index (χ0v) is 20.5. The molecule has 0 bridgehead atoms. The highest BCUT2D eigenvalue weighted by molar-refractivity contribution is 5.76. The summed E-state index contributed by atoms with van der Waals surface area (Å²) in [5, 5.41) is 9.78. The minimum Gasteiger partial charge on any atom is -0.459 e. The lowest BCUT2D eigenvalue weighted by Crippen LogP contribution is -2.40. The fourth-order valence-corrected chi connectivity index (χ4v) is 2.07. The highest BCUT2D eigenvalue weighted by atomic mass is 16.6. The zero-order chi connectivity index (χ0) is 23.7. The summed E-state index contributed by atoms with van der Waals surface area (Å²) >= 11 is 0. The number of esters is 1. The van der Waals surface area contributed by atoms with E-state index in [0.29, 0.717) is 19.3 Å². The molecule has 0 radical (unpaired) electrons. The largest absolute Gasteiger partial charge is 0.459 e. The predicted molar refractivity (Wildman–Crippen MR) is 127 cm³/mol. The molecule has 0 aliphatic carbocycles. The van der Waals surface area contributed by atoms with Crippen LogP contribution in [0.5, 0.6) is 0 Å². The second kappa shape index (κ2) is 17.2. The van der Waals surface area contributed by atoms with Gasteiger partial charge in [0.25, 0.3) is 0 Å². The summed E-state index contributed by atoms with van der Waals surface area (Å²) in [5.41, 5.74) is 6.74. The first-order valence-corrected chi connectivity index (χ1v) is 10.7. The Bertz CT molecular complexity index is 516. The van der Waals surface area contributed by atoms with Crippen LogP contribution in [0.25, 0.3) is 0 Å². The Hall–Kier alpha value is -1.65. The fourth-order valence-electron chi connectivity index (χ4n) is 2.07. The van der Waals surface area contributed by atoms with Crippen LogP contribution in [0.4, 0.5) is 0 Å². The van der Waals surface area contributed by atoms with Crippen molar-refractivity contribution in [3.8, 4) is 0 Å². The van der Waals surface area contributed by atoms with E-state index in [0.717, 1.165) is 5.56 Å². The van der Waals surface area contributed by atoms with E-state index in [1.54, 1.807) is 13.8 Å². The number of hydrogen-bond acceptors (Lipinski definition) is 4. The maximum Gasteiger partial charge on any atom is 0.323 e. The average Bonchev–Trinajstić information content (AvgIpc) is 2.65. The van der Waals surface area contributed by atoms with E-state index < -0.39 is 23.2 Å². The van der Waals surface area contributed by atoms with Gasteiger partial charge in [0, 0.05) is 0 Å². The molecule has 29 heavy (non-hydrogen) atoms. The van der Waals surface area contributed by atoms with E-state index in [9.17, 15) is 9.90 Å². The maximum atomic E-state index is 12.1. The van der Waals surface area contributed by atoms with Gasteiger partial charge in [0.05, 0.1) is 5.60 Å². The van der Waals surface area contributed by atoms with E-state index in [2.05, 4.69) is 27.0 Å². The van der Waals surface area contributed by atoms with Gasteiger partial charge >= 0.3 is 5.97 Å². The summed E-state index contributed by atoms with van der Waals surface area (Å²) < 4.78 is 5.52. The van der Waals surface area contributed by atoms with E-state index in [1.165, 1.54) is 12.0 Å². The Kier molecular flexibility index (Phi) is 19.0. The minimum absolute atomic E-state index is 0.402. The summed E-state index contributed by atoms with van der Waals surface area (Å²) in [5.74, 6) is -0.402. The molecule has 4 heteroatoms. The molecule has 3 N–H and O–H groups in total. The monoisotopic (exact) mass is 409 g/mol. The molecule has 0 amide bonds. The van der Waals surface area contributed by atoms with Gasteiger partial charge < -0.3 is 15.6 Å². The number of carbonyl (C=O) groups excluding carboxylic acids is 1. The van der Waals surface area contributed by atoms with Crippen molar-refractivity contribution in [3.05, 3.63) is 48.6 Å². The van der Waals surface area contributed by atoms with Gasteiger partial charge in [-0.2, -0.15) is 0 Å². The first kappa shape index (κ1) is 32.0. The SMILES string of the molecule is C=C.CC.CCC.Cc1ccc(CC(N)C(=O)OC(C)(C)CCC(C)(C)O)cc1. The molecular weight excluding hydrogens is 362 g/mol. The molecule has 0 heterocycles. The van der Waals surface area contributed by atoms with Crippen molar-refractivity contribution in [2.75, 3.05) is 0 Å². The van der Waals surface area contributed by atoms with Gasteiger partial charge in [-0.25, -0.2) is 0 Å². The number of hydrogen-bond donors (Lipinski definition) is 2. The van der Waals surface area contributed by atoms with Crippen molar-refractivity contribution in [1.82, 2.24) is 0 Å². The van der Waals surface area contributed by atoms with Gasteiger partial charge in [0.2, 0.25) is 0 Å². The molecule has 1 atom stereocenters. The number of carbonyl (C=O) groups is 1. The Labute approximate surface area is 180 Å². The number of aryl methyl sites for hydroxylation is 1. The van der Waals surface area contributed by atoms with Crippen LogP contribution in [0.15, 0.2) is 37.4 Å². The number of rotatable bonds is 7. The van der Waals surface area contributed by atoms with Crippen LogP contribution in [-0.2, 0) is 16.0 Å². The van der Waals surface area contributed by atoms with Gasteiger partial charge in [0.15, 0.2) is 0 Å². The van der Waals surface area contributed by atoms with Crippen LogP contribution in [0, 0.1) is 6.92 Å². The van der Waals surface area contributed by atoms with Crippen LogP contribution in [0.3, 0.4) is 0 Å². The van der Waals surface area contributed by atoms with E-state index in [1.807, 2.05) is 58.9 Å². The molecule has 0 spiro atoms. The first-order chi connectivity index (χ1) is 13.4. The van der Waals surface area contributed by atoms with Crippen molar-refractivity contribution in [2.45, 2.75) is 105 Å². The molecule has 4 nitrogen and oxygen atoms in total. The molecule has 0 aliphatic heterocycles. The third-order valence-electron chi connectivity index (χ3n) is 3.59. The maximum absolute atomic E-state index is 12.1. The van der Waals surface area contributed by atoms with E-state index >= 15 is 0 Å². The number of nitrogens with two attached hydrogens (primary N) is 1. The highest BCUT2D eigenvalue weighted by Crippen LogP contribution is 2.23. The van der Waals surface area contributed by atoms with Crippen LogP contribution in [0.2, 0.25) is 0 Å². The number of benzene rings is 1. The lowest BCUT2D eigenvalue weighted by Gasteiger charge is -2.29. The summed E-state index contributed by atoms with van der Waals surface area (Å²) in [6.45, 7) is 23.4. The predicted octanol–water partition coefficient (Wildman–Crippen LogP) is 5.98. The zero-order valence-electron chi connectivity index (χ0n) is 20.5. The summed E-state index contributed by atoms with van der Waals surface area (Å²) in [6, 6.07) is 7.27. The average molecular weight is 410 g/mol. The van der Waals surface area contributed by atoms with Crippen LogP contribution in [-0.4, -0.2) is 28.3 Å². The molecule has 0 aliphatic rings. The van der Waals surface area contributed by atoms with Crippen molar-refractivity contribution < 1.29 is 14.6 Å². The van der Waals surface area contributed by atoms with Crippen LogP contribution < -0.4 is 5.73 Å². The molecule has 0 fully saturated rings. The fraction of sp³-hybridized carbons (Fsp3) is 0.640. The minimum atomic E-state index is -0.770. The normalized spacial score (nSPS) is 11.4.